The van der Waals surface area contributed by atoms with Gasteiger partial charge >= 0.3 is 0 Å². The molecular weight excluding hydrogens is 390 g/mol. The number of hydrogen-bond donors (Lipinski definition) is 0. The number of hydrogen-bond acceptors (Lipinski definition) is 2. The van der Waals surface area contributed by atoms with Gasteiger partial charge in [-0.1, -0.05) is 78.9 Å². The summed E-state index contributed by atoms with van der Waals surface area (Å²) in [6.07, 6.45) is 0. The Hall–Kier alpha value is -3.78. The van der Waals surface area contributed by atoms with Crippen molar-refractivity contribution >= 4 is 32.9 Å². The lowest BCUT2D eigenvalue weighted by atomic mass is 9.78. The van der Waals surface area contributed by atoms with Crippen LogP contribution in [0.15, 0.2) is 97.1 Å². The first-order valence-electron chi connectivity index (χ1n) is 11.2. The molecule has 1 heterocycles. The van der Waals surface area contributed by atoms with Gasteiger partial charge in [0.1, 0.15) is 5.75 Å². The van der Waals surface area contributed by atoms with Gasteiger partial charge in [0.2, 0.25) is 0 Å². The van der Waals surface area contributed by atoms with Crippen LogP contribution in [-0.4, -0.2) is 13.7 Å². The van der Waals surface area contributed by atoms with Crippen LogP contribution in [0.25, 0.3) is 21.5 Å². The van der Waals surface area contributed by atoms with Crippen molar-refractivity contribution in [2.45, 2.75) is 12.8 Å². The van der Waals surface area contributed by atoms with Gasteiger partial charge in [-0.15, -0.1) is 0 Å². The van der Waals surface area contributed by atoms with Crippen molar-refractivity contribution in [3.8, 4) is 5.75 Å². The zero-order valence-corrected chi connectivity index (χ0v) is 18.4. The Labute approximate surface area is 188 Å². The highest BCUT2D eigenvalue weighted by Crippen LogP contribution is 2.52. The van der Waals surface area contributed by atoms with E-state index in [4.69, 9.17) is 4.74 Å². The molecule has 156 valence electrons. The minimum atomic E-state index is 0.195. The maximum atomic E-state index is 5.51. The van der Waals surface area contributed by atoms with Gasteiger partial charge in [-0.05, 0) is 52.6 Å². The maximum Gasteiger partial charge on any atom is 0.119 e. The van der Waals surface area contributed by atoms with Crippen LogP contribution in [0.5, 0.6) is 5.75 Å². The lowest BCUT2D eigenvalue weighted by Gasteiger charge is -2.39. The molecule has 0 spiro atoms. The zero-order valence-electron chi connectivity index (χ0n) is 18.4. The summed E-state index contributed by atoms with van der Waals surface area (Å²) in [5.41, 5.74) is 6.70. The van der Waals surface area contributed by atoms with Crippen LogP contribution in [0, 0.1) is 0 Å². The summed E-state index contributed by atoms with van der Waals surface area (Å²) in [6.45, 7) is 3.15. The molecule has 0 aromatic heterocycles. The van der Waals surface area contributed by atoms with E-state index in [0.717, 1.165) is 12.3 Å². The van der Waals surface area contributed by atoms with Crippen molar-refractivity contribution in [2.75, 3.05) is 18.6 Å². The van der Waals surface area contributed by atoms with E-state index >= 15 is 0 Å². The van der Waals surface area contributed by atoms with E-state index in [1.807, 2.05) is 0 Å². The van der Waals surface area contributed by atoms with E-state index in [0.29, 0.717) is 0 Å². The summed E-state index contributed by atoms with van der Waals surface area (Å²) in [4.78, 5) is 2.52. The second-order valence-corrected chi connectivity index (χ2v) is 8.40. The van der Waals surface area contributed by atoms with Crippen LogP contribution >= 0.6 is 0 Å². The van der Waals surface area contributed by atoms with Crippen molar-refractivity contribution in [1.82, 2.24) is 0 Å². The van der Waals surface area contributed by atoms with Gasteiger partial charge < -0.3 is 9.64 Å². The minimum absolute atomic E-state index is 0.195. The van der Waals surface area contributed by atoms with E-state index in [9.17, 15) is 0 Å². The molecule has 0 bridgehead atoms. The number of nitrogens with zero attached hydrogens (tertiary/aromatic N) is 1. The van der Waals surface area contributed by atoms with E-state index in [2.05, 4.69) is 109 Å². The molecular formula is C30H25NO. The Bertz CT molecular complexity index is 1450. The van der Waals surface area contributed by atoms with Crippen molar-refractivity contribution < 1.29 is 4.74 Å². The van der Waals surface area contributed by atoms with Gasteiger partial charge in [-0.25, -0.2) is 0 Å². The van der Waals surface area contributed by atoms with Crippen molar-refractivity contribution in [1.29, 1.82) is 0 Å². The van der Waals surface area contributed by atoms with Gasteiger partial charge in [0.05, 0.1) is 18.5 Å². The molecule has 1 aliphatic rings. The van der Waals surface area contributed by atoms with Crippen molar-refractivity contribution in [3.63, 3.8) is 0 Å². The fourth-order valence-electron chi connectivity index (χ4n) is 5.38. The summed E-state index contributed by atoms with van der Waals surface area (Å²) in [7, 11) is 1.73. The molecule has 2 heteroatoms. The Morgan fingerprint density at radius 3 is 2.06 bits per heavy atom. The molecule has 0 amide bonds. The third-order valence-corrected chi connectivity index (χ3v) is 6.77. The van der Waals surface area contributed by atoms with Gasteiger partial charge in [0.15, 0.2) is 0 Å². The average molecular weight is 416 g/mol. The van der Waals surface area contributed by atoms with E-state index in [1.165, 1.54) is 49.6 Å². The van der Waals surface area contributed by atoms with E-state index in [1.54, 1.807) is 7.11 Å². The van der Waals surface area contributed by atoms with Gasteiger partial charge in [-0.3, -0.25) is 0 Å². The second kappa shape index (κ2) is 7.42. The first kappa shape index (κ1) is 18.9. The summed E-state index contributed by atoms with van der Waals surface area (Å²) in [5, 5.41) is 5.06. The SMILES string of the molecule is CCN1c2c(ccc3ccccc23)C(c2ccccc2)c2ccc3cc(OC)ccc3c21. The number of ether oxygens (including phenoxy) is 1. The molecule has 5 aromatic carbocycles. The number of fused-ring (bicyclic) bond motifs is 6. The smallest absolute Gasteiger partial charge is 0.119 e. The highest BCUT2D eigenvalue weighted by Gasteiger charge is 2.33. The second-order valence-electron chi connectivity index (χ2n) is 8.40. The Morgan fingerprint density at radius 1 is 0.688 bits per heavy atom. The number of rotatable bonds is 3. The molecule has 1 atom stereocenters. The minimum Gasteiger partial charge on any atom is -0.497 e. The molecule has 6 rings (SSSR count). The molecule has 1 aliphatic heterocycles. The molecule has 32 heavy (non-hydrogen) atoms. The quantitative estimate of drug-likeness (QED) is 0.300. The molecule has 0 saturated heterocycles. The molecule has 0 saturated carbocycles. The fraction of sp³-hybridized carbons (Fsp3) is 0.133. The maximum absolute atomic E-state index is 5.51. The fourth-order valence-corrected chi connectivity index (χ4v) is 5.38. The highest BCUT2D eigenvalue weighted by atomic mass is 16.5. The summed E-state index contributed by atoms with van der Waals surface area (Å²) < 4.78 is 5.51. The normalized spacial score (nSPS) is 14.9. The molecule has 2 nitrogen and oxygen atoms in total. The monoisotopic (exact) mass is 415 g/mol. The first-order chi connectivity index (χ1) is 15.8. The zero-order chi connectivity index (χ0) is 21.7. The van der Waals surface area contributed by atoms with Crippen LogP contribution < -0.4 is 9.64 Å². The van der Waals surface area contributed by atoms with E-state index < -0.39 is 0 Å². The van der Waals surface area contributed by atoms with Crippen LogP contribution in [-0.2, 0) is 0 Å². The standard InChI is InChI=1S/C30H25NO/c1-3-31-29-24-12-8-7-9-20(24)13-16-26(29)28(21-10-5-4-6-11-21)27-17-14-22-19-23(32-2)15-18-25(22)30(27)31/h4-19,28H,3H2,1-2H3. The molecule has 5 aromatic rings. The average Bonchev–Trinajstić information content (AvgIpc) is 2.87. The van der Waals surface area contributed by atoms with Crippen LogP contribution in [0.3, 0.4) is 0 Å². The Balaban J connectivity index is 1.74. The predicted molar refractivity (Wildman–Crippen MR) is 135 cm³/mol. The largest absolute Gasteiger partial charge is 0.497 e. The van der Waals surface area contributed by atoms with Crippen LogP contribution in [0.1, 0.15) is 29.5 Å². The third kappa shape index (κ3) is 2.73. The lowest BCUT2D eigenvalue weighted by molar-refractivity contribution is 0.415. The van der Waals surface area contributed by atoms with Crippen LogP contribution in [0.4, 0.5) is 11.4 Å². The van der Waals surface area contributed by atoms with Gasteiger partial charge in [-0.2, -0.15) is 0 Å². The van der Waals surface area contributed by atoms with Gasteiger partial charge in [0.25, 0.3) is 0 Å². The molecule has 0 aliphatic carbocycles. The Kier molecular flexibility index (Phi) is 4.39. The molecule has 0 N–H and O–H groups in total. The topological polar surface area (TPSA) is 12.5 Å². The van der Waals surface area contributed by atoms with Crippen molar-refractivity contribution in [2.24, 2.45) is 0 Å². The van der Waals surface area contributed by atoms with Gasteiger partial charge in [0, 0.05) is 23.2 Å². The van der Waals surface area contributed by atoms with Crippen molar-refractivity contribution in [3.05, 3.63) is 114 Å². The lowest BCUT2D eigenvalue weighted by Crippen LogP contribution is -2.26. The Morgan fingerprint density at radius 2 is 1.34 bits per heavy atom. The first-order valence-corrected chi connectivity index (χ1v) is 11.2. The van der Waals surface area contributed by atoms with Crippen LogP contribution in [0.2, 0.25) is 0 Å². The number of methoxy groups -OCH3 is 1. The van der Waals surface area contributed by atoms with E-state index in [-0.39, 0.29) is 5.92 Å². The predicted octanol–water partition coefficient (Wildman–Crippen LogP) is 7.65. The summed E-state index contributed by atoms with van der Waals surface area (Å²) in [5.74, 6) is 1.09. The molecule has 1 unspecified atom stereocenters. The molecule has 0 radical (unpaired) electrons. The summed E-state index contributed by atoms with van der Waals surface area (Å²) >= 11 is 0. The number of benzene rings is 5. The number of anilines is 2. The summed E-state index contributed by atoms with van der Waals surface area (Å²) in [6, 6.07) is 35.2. The highest BCUT2D eigenvalue weighted by molar-refractivity contribution is 6.06. The third-order valence-electron chi connectivity index (χ3n) is 6.77. The molecule has 0 fully saturated rings.